The summed E-state index contributed by atoms with van der Waals surface area (Å²) in [5, 5.41) is 2.71. The molecule has 0 unspecified atom stereocenters. The number of aryl methyl sites for hydroxylation is 2. The number of rotatable bonds is 1. The second kappa shape index (κ2) is 6.37. The van der Waals surface area contributed by atoms with Gasteiger partial charge >= 0.3 is 11.8 Å². The molecule has 6 heteroatoms. The maximum atomic E-state index is 12.0. The van der Waals surface area contributed by atoms with Crippen molar-refractivity contribution >= 4 is 33.4 Å². The highest BCUT2D eigenvalue weighted by molar-refractivity contribution is 9.10. The highest BCUT2D eigenvalue weighted by Gasteiger charge is 2.24. The van der Waals surface area contributed by atoms with Gasteiger partial charge in [0.25, 0.3) is 0 Å². The van der Waals surface area contributed by atoms with Crippen molar-refractivity contribution in [3.05, 3.63) is 27.7 Å². The summed E-state index contributed by atoms with van der Waals surface area (Å²) in [4.78, 5) is 25.6. The first kappa shape index (κ1) is 15.0. The standard InChI is InChI=1S/C14H17BrN2O3/c1-9-7-11(15)8-10(2)12(9)16-13(18)14(19)17-3-5-20-6-4-17/h7-8H,3-6H2,1-2H3,(H,16,18). The lowest BCUT2D eigenvalue weighted by atomic mass is 10.1. The van der Waals surface area contributed by atoms with Crippen LogP contribution < -0.4 is 5.32 Å². The maximum Gasteiger partial charge on any atom is 0.313 e. The van der Waals surface area contributed by atoms with Crippen LogP contribution in [0.1, 0.15) is 11.1 Å². The summed E-state index contributed by atoms with van der Waals surface area (Å²) in [6.45, 7) is 5.68. The molecule has 0 bridgehead atoms. The quantitative estimate of drug-likeness (QED) is 0.794. The summed E-state index contributed by atoms with van der Waals surface area (Å²) >= 11 is 3.40. The summed E-state index contributed by atoms with van der Waals surface area (Å²) in [5.74, 6) is -1.10. The van der Waals surface area contributed by atoms with Crippen molar-refractivity contribution < 1.29 is 14.3 Å². The molecule has 0 spiro atoms. The fraction of sp³-hybridized carbons (Fsp3) is 0.429. The van der Waals surface area contributed by atoms with E-state index in [1.54, 1.807) is 0 Å². The molecule has 0 aliphatic carbocycles. The summed E-state index contributed by atoms with van der Waals surface area (Å²) in [5.41, 5.74) is 2.53. The molecule has 0 aromatic heterocycles. The Kier molecular flexibility index (Phi) is 4.77. The van der Waals surface area contributed by atoms with E-state index in [4.69, 9.17) is 4.74 Å². The van der Waals surface area contributed by atoms with Crippen LogP contribution in [0.4, 0.5) is 5.69 Å². The van der Waals surface area contributed by atoms with Gasteiger partial charge in [0.05, 0.1) is 13.2 Å². The topological polar surface area (TPSA) is 58.6 Å². The SMILES string of the molecule is Cc1cc(Br)cc(C)c1NC(=O)C(=O)N1CCOCC1. The van der Waals surface area contributed by atoms with Crippen LogP contribution in [0.2, 0.25) is 0 Å². The maximum absolute atomic E-state index is 12.0. The minimum atomic E-state index is -0.597. The first-order valence-electron chi connectivity index (χ1n) is 6.44. The Morgan fingerprint density at radius 2 is 1.75 bits per heavy atom. The Morgan fingerprint density at radius 1 is 1.20 bits per heavy atom. The molecule has 1 heterocycles. The lowest BCUT2D eigenvalue weighted by molar-refractivity contribution is -0.145. The predicted octanol–water partition coefficient (Wildman–Crippen LogP) is 1.86. The van der Waals surface area contributed by atoms with E-state index >= 15 is 0 Å². The Labute approximate surface area is 126 Å². The second-order valence-electron chi connectivity index (χ2n) is 4.77. The predicted molar refractivity (Wildman–Crippen MR) is 79.6 cm³/mol. The monoisotopic (exact) mass is 340 g/mol. The zero-order valence-corrected chi connectivity index (χ0v) is 13.1. The fourth-order valence-corrected chi connectivity index (χ4v) is 2.87. The van der Waals surface area contributed by atoms with Gasteiger partial charge in [-0.15, -0.1) is 0 Å². The van der Waals surface area contributed by atoms with E-state index in [-0.39, 0.29) is 0 Å². The van der Waals surface area contributed by atoms with Crippen LogP contribution in [-0.4, -0.2) is 43.0 Å². The van der Waals surface area contributed by atoms with Crippen molar-refractivity contribution in [2.24, 2.45) is 0 Å². The number of morpholine rings is 1. The molecule has 2 amide bonds. The lowest BCUT2D eigenvalue weighted by Gasteiger charge is -2.26. The summed E-state index contributed by atoms with van der Waals surface area (Å²) < 4.78 is 6.12. The van der Waals surface area contributed by atoms with Crippen LogP contribution in [0.15, 0.2) is 16.6 Å². The zero-order valence-electron chi connectivity index (χ0n) is 11.5. The Balaban J connectivity index is 2.09. The average molecular weight is 341 g/mol. The van der Waals surface area contributed by atoms with Crippen molar-refractivity contribution in [1.82, 2.24) is 4.90 Å². The molecule has 1 aliphatic rings. The number of hydrogen-bond acceptors (Lipinski definition) is 3. The molecule has 108 valence electrons. The van der Waals surface area contributed by atoms with Gasteiger partial charge in [0.15, 0.2) is 0 Å². The molecule has 20 heavy (non-hydrogen) atoms. The molecule has 1 aromatic rings. The molecule has 0 atom stereocenters. The van der Waals surface area contributed by atoms with Gasteiger partial charge in [-0.3, -0.25) is 9.59 Å². The first-order chi connectivity index (χ1) is 9.49. The van der Waals surface area contributed by atoms with Gasteiger partial charge in [0, 0.05) is 23.2 Å². The third-order valence-electron chi connectivity index (χ3n) is 3.23. The smallest absolute Gasteiger partial charge is 0.313 e. The minimum Gasteiger partial charge on any atom is -0.378 e. The Morgan fingerprint density at radius 3 is 2.30 bits per heavy atom. The van der Waals surface area contributed by atoms with Crippen molar-refractivity contribution in [3.8, 4) is 0 Å². The summed E-state index contributed by atoms with van der Waals surface area (Å²) in [7, 11) is 0. The van der Waals surface area contributed by atoms with E-state index in [0.29, 0.717) is 32.0 Å². The normalized spacial score (nSPS) is 15.1. The Bertz CT molecular complexity index is 516. The number of halogens is 1. The van der Waals surface area contributed by atoms with Crippen molar-refractivity contribution in [2.45, 2.75) is 13.8 Å². The molecular weight excluding hydrogens is 324 g/mol. The van der Waals surface area contributed by atoms with Gasteiger partial charge in [0.1, 0.15) is 0 Å². The second-order valence-corrected chi connectivity index (χ2v) is 5.69. The van der Waals surface area contributed by atoms with E-state index in [2.05, 4.69) is 21.2 Å². The number of ether oxygens (including phenoxy) is 1. The number of benzene rings is 1. The molecule has 0 saturated carbocycles. The fourth-order valence-electron chi connectivity index (χ4n) is 2.18. The van der Waals surface area contributed by atoms with Crippen LogP contribution in [0, 0.1) is 13.8 Å². The van der Waals surface area contributed by atoms with Crippen LogP contribution in [0.25, 0.3) is 0 Å². The highest BCUT2D eigenvalue weighted by Crippen LogP contribution is 2.25. The van der Waals surface area contributed by atoms with E-state index < -0.39 is 11.8 Å². The number of carbonyl (C=O) groups excluding carboxylic acids is 2. The van der Waals surface area contributed by atoms with Crippen molar-refractivity contribution in [2.75, 3.05) is 31.6 Å². The summed E-state index contributed by atoms with van der Waals surface area (Å²) in [6, 6.07) is 3.81. The number of hydrogen-bond donors (Lipinski definition) is 1. The number of nitrogens with zero attached hydrogens (tertiary/aromatic N) is 1. The number of amides is 2. The van der Waals surface area contributed by atoms with Gasteiger partial charge in [-0.2, -0.15) is 0 Å². The van der Waals surface area contributed by atoms with Crippen LogP contribution in [-0.2, 0) is 14.3 Å². The molecular formula is C14H17BrN2O3. The largest absolute Gasteiger partial charge is 0.378 e. The van der Waals surface area contributed by atoms with Gasteiger partial charge in [0.2, 0.25) is 0 Å². The molecule has 1 aliphatic heterocycles. The van der Waals surface area contributed by atoms with Gasteiger partial charge in [-0.1, -0.05) is 15.9 Å². The molecule has 0 radical (unpaired) electrons. The van der Waals surface area contributed by atoms with Crippen molar-refractivity contribution in [3.63, 3.8) is 0 Å². The van der Waals surface area contributed by atoms with E-state index in [0.717, 1.165) is 15.6 Å². The van der Waals surface area contributed by atoms with Gasteiger partial charge in [-0.25, -0.2) is 0 Å². The van der Waals surface area contributed by atoms with E-state index in [9.17, 15) is 9.59 Å². The van der Waals surface area contributed by atoms with Crippen molar-refractivity contribution in [1.29, 1.82) is 0 Å². The third-order valence-corrected chi connectivity index (χ3v) is 3.69. The molecule has 1 N–H and O–H groups in total. The van der Waals surface area contributed by atoms with Gasteiger partial charge in [-0.05, 0) is 37.1 Å². The third kappa shape index (κ3) is 3.37. The number of nitrogens with one attached hydrogen (secondary N) is 1. The molecule has 5 nitrogen and oxygen atoms in total. The first-order valence-corrected chi connectivity index (χ1v) is 7.23. The highest BCUT2D eigenvalue weighted by atomic mass is 79.9. The van der Waals surface area contributed by atoms with E-state index in [1.807, 2.05) is 26.0 Å². The van der Waals surface area contributed by atoms with Crippen LogP contribution in [0.3, 0.4) is 0 Å². The zero-order chi connectivity index (χ0) is 14.7. The van der Waals surface area contributed by atoms with E-state index in [1.165, 1.54) is 4.90 Å². The Hall–Kier alpha value is -1.40. The minimum absolute atomic E-state index is 0.463. The van der Waals surface area contributed by atoms with Crippen LogP contribution >= 0.6 is 15.9 Å². The molecule has 1 fully saturated rings. The number of anilines is 1. The molecule has 2 rings (SSSR count). The van der Waals surface area contributed by atoms with Crippen LogP contribution in [0.5, 0.6) is 0 Å². The number of carbonyl (C=O) groups is 2. The molecule has 1 saturated heterocycles. The lowest BCUT2D eigenvalue weighted by Crippen LogP contribution is -2.46. The van der Waals surface area contributed by atoms with Gasteiger partial charge < -0.3 is 15.0 Å². The average Bonchev–Trinajstić information content (AvgIpc) is 2.42. The summed E-state index contributed by atoms with van der Waals surface area (Å²) in [6.07, 6.45) is 0. The molecule has 1 aromatic carbocycles.